The topological polar surface area (TPSA) is 72.4 Å². The first-order chi connectivity index (χ1) is 7.15. The van der Waals surface area contributed by atoms with E-state index in [0.717, 1.165) is 26.1 Å². The fraction of sp³-hybridized carbons (Fsp3) is 0.500. The number of amides is 1. The van der Waals surface area contributed by atoms with E-state index in [9.17, 15) is 4.79 Å². The number of hydrogen-bond donors (Lipinski definition) is 2. The molecular formula is C10H15N3OS. The largest absolute Gasteiger partial charge is 0.366 e. The summed E-state index contributed by atoms with van der Waals surface area (Å²) in [6.45, 7) is 2.88. The molecule has 1 aliphatic rings. The lowest BCUT2D eigenvalue weighted by Crippen LogP contribution is -2.25. The normalized spacial score (nSPS) is 22.1. The van der Waals surface area contributed by atoms with Gasteiger partial charge in [-0.15, -0.1) is 11.3 Å². The van der Waals surface area contributed by atoms with E-state index in [1.807, 2.05) is 11.4 Å². The predicted molar refractivity (Wildman–Crippen MR) is 60.7 cm³/mol. The molecule has 0 spiro atoms. The average molecular weight is 225 g/mol. The highest BCUT2D eigenvalue weighted by Crippen LogP contribution is 2.18. The Hall–Kier alpha value is -0.910. The third kappa shape index (κ3) is 2.56. The standard InChI is InChI=1S/C10H15N3OS/c11-8-1-2-13(4-8)5-9-3-7(6-15-9)10(12)14/h3,6,8H,1-2,4-5,11H2,(H2,12,14)/t8-/m0/s1. The van der Waals surface area contributed by atoms with Crippen molar-refractivity contribution in [1.82, 2.24) is 4.90 Å². The molecule has 2 rings (SSSR count). The van der Waals surface area contributed by atoms with E-state index in [2.05, 4.69) is 4.90 Å². The summed E-state index contributed by atoms with van der Waals surface area (Å²) in [7, 11) is 0. The molecule has 15 heavy (non-hydrogen) atoms. The minimum absolute atomic E-state index is 0.306. The number of nitrogens with zero attached hydrogens (tertiary/aromatic N) is 1. The highest BCUT2D eigenvalue weighted by Gasteiger charge is 2.19. The van der Waals surface area contributed by atoms with Crippen molar-refractivity contribution in [3.63, 3.8) is 0 Å². The lowest BCUT2D eigenvalue weighted by molar-refractivity contribution is 0.100. The van der Waals surface area contributed by atoms with E-state index < -0.39 is 0 Å². The molecule has 4 N–H and O–H groups in total. The van der Waals surface area contributed by atoms with Crippen LogP contribution in [0.15, 0.2) is 11.4 Å². The maximum atomic E-state index is 10.9. The Kier molecular flexibility index (Phi) is 3.04. The van der Waals surface area contributed by atoms with Crippen molar-refractivity contribution >= 4 is 17.2 Å². The van der Waals surface area contributed by atoms with Gasteiger partial charge in [0.25, 0.3) is 0 Å². The second-order valence-corrected chi connectivity index (χ2v) is 4.95. The van der Waals surface area contributed by atoms with E-state index >= 15 is 0 Å². The molecule has 1 atom stereocenters. The SMILES string of the molecule is NC(=O)c1csc(CN2CC[C@H](N)C2)c1. The van der Waals surface area contributed by atoms with Crippen molar-refractivity contribution in [2.45, 2.75) is 19.0 Å². The molecule has 1 aromatic rings. The van der Waals surface area contributed by atoms with Gasteiger partial charge in [-0.1, -0.05) is 0 Å². The third-order valence-electron chi connectivity index (χ3n) is 2.63. The van der Waals surface area contributed by atoms with Crippen LogP contribution in [0, 0.1) is 0 Å². The number of rotatable bonds is 3. The minimum atomic E-state index is -0.351. The van der Waals surface area contributed by atoms with Crippen LogP contribution in [0.4, 0.5) is 0 Å². The van der Waals surface area contributed by atoms with E-state index in [-0.39, 0.29) is 5.91 Å². The summed E-state index contributed by atoms with van der Waals surface area (Å²) in [6.07, 6.45) is 1.06. The Bertz CT molecular complexity index is 363. The molecule has 0 aromatic carbocycles. The number of carbonyl (C=O) groups is 1. The molecular weight excluding hydrogens is 210 g/mol. The summed E-state index contributed by atoms with van der Waals surface area (Å²) in [4.78, 5) is 14.4. The van der Waals surface area contributed by atoms with Crippen molar-refractivity contribution in [3.05, 3.63) is 21.9 Å². The molecule has 5 heteroatoms. The second kappa shape index (κ2) is 4.30. The fourth-order valence-electron chi connectivity index (χ4n) is 1.82. The Morgan fingerprint density at radius 1 is 1.67 bits per heavy atom. The van der Waals surface area contributed by atoms with Crippen LogP contribution in [0.2, 0.25) is 0 Å². The molecule has 4 nitrogen and oxygen atoms in total. The van der Waals surface area contributed by atoms with Crippen LogP contribution < -0.4 is 11.5 Å². The van der Waals surface area contributed by atoms with Gasteiger partial charge in [0.05, 0.1) is 5.56 Å². The molecule has 1 fully saturated rings. The van der Waals surface area contributed by atoms with Gasteiger partial charge in [-0.2, -0.15) is 0 Å². The molecule has 1 aliphatic heterocycles. The zero-order valence-electron chi connectivity index (χ0n) is 8.48. The zero-order valence-corrected chi connectivity index (χ0v) is 9.30. The lowest BCUT2D eigenvalue weighted by atomic mass is 10.3. The summed E-state index contributed by atoms with van der Waals surface area (Å²) in [6, 6.07) is 2.18. The number of carbonyl (C=O) groups excluding carboxylic acids is 1. The van der Waals surface area contributed by atoms with Crippen LogP contribution in [0.5, 0.6) is 0 Å². The average Bonchev–Trinajstić information content (AvgIpc) is 2.76. The Labute approximate surface area is 92.9 Å². The van der Waals surface area contributed by atoms with E-state index in [1.54, 1.807) is 11.3 Å². The van der Waals surface area contributed by atoms with Gasteiger partial charge in [0, 0.05) is 35.9 Å². The predicted octanol–water partition coefficient (Wildman–Crippen LogP) is 0.380. The molecule has 0 aliphatic carbocycles. The van der Waals surface area contributed by atoms with E-state index in [4.69, 9.17) is 11.5 Å². The number of likely N-dealkylation sites (tertiary alicyclic amines) is 1. The number of thiophene rings is 1. The van der Waals surface area contributed by atoms with Crippen LogP contribution in [0.25, 0.3) is 0 Å². The van der Waals surface area contributed by atoms with Crippen molar-refractivity contribution in [3.8, 4) is 0 Å². The zero-order chi connectivity index (χ0) is 10.8. The van der Waals surface area contributed by atoms with Crippen LogP contribution in [0.3, 0.4) is 0 Å². The third-order valence-corrected chi connectivity index (χ3v) is 3.55. The van der Waals surface area contributed by atoms with Gasteiger partial charge in [0.2, 0.25) is 5.91 Å². The Morgan fingerprint density at radius 3 is 3.00 bits per heavy atom. The van der Waals surface area contributed by atoms with Crippen LogP contribution in [0.1, 0.15) is 21.7 Å². The van der Waals surface area contributed by atoms with Crippen LogP contribution in [-0.2, 0) is 6.54 Å². The fourth-order valence-corrected chi connectivity index (χ4v) is 2.73. The smallest absolute Gasteiger partial charge is 0.249 e. The Morgan fingerprint density at radius 2 is 2.47 bits per heavy atom. The molecule has 0 bridgehead atoms. The number of primary amides is 1. The van der Waals surface area contributed by atoms with Gasteiger partial charge in [-0.05, 0) is 12.5 Å². The summed E-state index contributed by atoms with van der Waals surface area (Å²) in [5.74, 6) is -0.351. The molecule has 2 heterocycles. The summed E-state index contributed by atoms with van der Waals surface area (Å²) >= 11 is 1.58. The first kappa shape index (κ1) is 10.6. The van der Waals surface area contributed by atoms with Gasteiger partial charge in [-0.25, -0.2) is 0 Å². The monoisotopic (exact) mass is 225 g/mol. The van der Waals surface area contributed by atoms with Crippen molar-refractivity contribution in [2.75, 3.05) is 13.1 Å². The summed E-state index contributed by atoms with van der Waals surface area (Å²) in [5.41, 5.74) is 11.6. The number of hydrogen-bond acceptors (Lipinski definition) is 4. The van der Waals surface area contributed by atoms with Gasteiger partial charge in [-0.3, -0.25) is 9.69 Å². The van der Waals surface area contributed by atoms with Gasteiger partial charge in [0.1, 0.15) is 0 Å². The molecule has 0 unspecified atom stereocenters. The molecule has 0 radical (unpaired) electrons. The minimum Gasteiger partial charge on any atom is -0.366 e. The maximum Gasteiger partial charge on any atom is 0.249 e. The first-order valence-corrected chi connectivity index (χ1v) is 5.88. The van der Waals surface area contributed by atoms with Crippen molar-refractivity contribution < 1.29 is 4.79 Å². The van der Waals surface area contributed by atoms with Gasteiger partial charge < -0.3 is 11.5 Å². The molecule has 1 saturated heterocycles. The van der Waals surface area contributed by atoms with Crippen molar-refractivity contribution in [1.29, 1.82) is 0 Å². The lowest BCUT2D eigenvalue weighted by Gasteiger charge is -2.13. The van der Waals surface area contributed by atoms with Crippen molar-refractivity contribution in [2.24, 2.45) is 11.5 Å². The highest BCUT2D eigenvalue weighted by atomic mass is 32.1. The van der Waals surface area contributed by atoms with Crippen LogP contribution in [-0.4, -0.2) is 29.9 Å². The quantitative estimate of drug-likeness (QED) is 0.781. The second-order valence-electron chi connectivity index (χ2n) is 3.95. The van der Waals surface area contributed by atoms with Crippen LogP contribution >= 0.6 is 11.3 Å². The maximum absolute atomic E-state index is 10.9. The molecule has 1 amide bonds. The highest BCUT2D eigenvalue weighted by molar-refractivity contribution is 7.10. The van der Waals surface area contributed by atoms with E-state index in [0.29, 0.717) is 11.6 Å². The molecule has 0 saturated carbocycles. The molecule has 1 aromatic heterocycles. The van der Waals surface area contributed by atoms with E-state index in [1.165, 1.54) is 4.88 Å². The van der Waals surface area contributed by atoms with Gasteiger partial charge in [0.15, 0.2) is 0 Å². The van der Waals surface area contributed by atoms with Gasteiger partial charge >= 0.3 is 0 Å². The molecule has 82 valence electrons. The summed E-state index contributed by atoms with van der Waals surface area (Å²) in [5, 5.41) is 1.81. The number of nitrogens with two attached hydrogens (primary N) is 2. The first-order valence-electron chi connectivity index (χ1n) is 5.00. The summed E-state index contributed by atoms with van der Waals surface area (Å²) < 4.78 is 0. The Balaban J connectivity index is 1.96.